The van der Waals surface area contributed by atoms with Crippen molar-refractivity contribution in [2.24, 2.45) is 0 Å². The number of carbonyl (C=O) groups excluding carboxylic acids is 1. The Morgan fingerprint density at radius 1 is 1.09 bits per heavy atom. The van der Waals surface area contributed by atoms with Gasteiger partial charge >= 0.3 is 0 Å². The largest absolute Gasteiger partial charge is 0.497 e. The van der Waals surface area contributed by atoms with E-state index in [0.717, 1.165) is 16.9 Å². The topological polar surface area (TPSA) is 80.6 Å². The van der Waals surface area contributed by atoms with Crippen molar-refractivity contribution in [3.8, 4) is 23.3 Å². The molecule has 1 amide bonds. The maximum atomic E-state index is 13.1. The molecule has 3 aromatic rings. The van der Waals surface area contributed by atoms with Gasteiger partial charge in [-0.2, -0.15) is 5.26 Å². The Hall–Kier alpha value is -3.83. The molecule has 0 aromatic heterocycles. The Labute approximate surface area is 212 Å². The van der Waals surface area contributed by atoms with Gasteiger partial charge in [-0.25, -0.2) is 4.39 Å². The van der Waals surface area contributed by atoms with E-state index in [1.807, 2.05) is 25.1 Å². The van der Waals surface area contributed by atoms with E-state index in [1.54, 1.807) is 43.5 Å². The summed E-state index contributed by atoms with van der Waals surface area (Å²) in [5.41, 5.74) is 2.21. The van der Waals surface area contributed by atoms with Crippen LogP contribution in [0.3, 0.4) is 0 Å². The summed E-state index contributed by atoms with van der Waals surface area (Å²) < 4.78 is 30.5. The number of hydrogen-bond donors (Lipinski definition) is 1. The van der Waals surface area contributed by atoms with Gasteiger partial charge in [0.2, 0.25) is 0 Å². The standard InChI is InChI=1S/C27H24BrFN2O4/c1-3-34-25-14-20(13-24(28)26(25)35-17-19-4-8-22(29)9-5-19)12-21(15-30)27(32)31-16-18-6-10-23(33-2)11-7-18/h4-14H,3,16-17H2,1-2H3,(H,31,32)/b21-12-. The highest BCUT2D eigenvalue weighted by Crippen LogP contribution is 2.38. The average molecular weight is 539 g/mol. The van der Waals surface area contributed by atoms with Crippen LogP contribution >= 0.6 is 15.9 Å². The van der Waals surface area contributed by atoms with E-state index in [2.05, 4.69) is 21.2 Å². The van der Waals surface area contributed by atoms with Gasteiger partial charge in [0.05, 0.1) is 18.2 Å². The Morgan fingerprint density at radius 3 is 2.40 bits per heavy atom. The zero-order chi connectivity index (χ0) is 25.2. The third-order valence-electron chi connectivity index (χ3n) is 4.92. The third-order valence-corrected chi connectivity index (χ3v) is 5.51. The van der Waals surface area contributed by atoms with Gasteiger partial charge in [-0.1, -0.05) is 24.3 Å². The van der Waals surface area contributed by atoms with Crippen LogP contribution in [0.4, 0.5) is 4.39 Å². The summed E-state index contributed by atoms with van der Waals surface area (Å²) in [7, 11) is 1.58. The molecule has 180 valence electrons. The molecule has 0 radical (unpaired) electrons. The normalized spacial score (nSPS) is 10.9. The Morgan fingerprint density at radius 2 is 1.77 bits per heavy atom. The van der Waals surface area contributed by atoms with Crippen molar-refractivity contribution in [2.45, 2.75) is 20.1 Å². The minimum atomic E-state index is -0.492. The summed E-state index contributed by atoms with van der Waals surface area (Å²) in [6, 6.07) is 18.7. The molecule has 0 saturated carbocycles. The lowest BCUT2D eigenvalue weighted by molar-refractivity contribution is -0.117. The number of ether oxygens (including phenoxy) is 3. The lowest BCUT2D eigenvalue weighted by Gasteiger charge is -2.15. The number of nitrogens with zero attached hydrogens (tertiary/aromatic N) is 1. The van der Waals surface area contributed by atoms with Crippen LogP contribution in [-0.4, -0.2) is 19.6 Å². The maximum Gasteiger partial charge on any atom is 0.262 e. The molecule has 3 aromatic carbocycles. The number of amides is 1. The van der Waals surface area contributed by atoms with Crippen molar-refractivity contribution in [3.05, 3.63) is 93.2 Å². The van der Waals surface area contributed by atoms with Gasteiger partial charge in [0.25, 0.3) is 5.91 Å². The molecule has 0 heterocycles. The number of carbonyl (C=O) groups is 1. The smallest absolute Gasteiger partial charge is 0.262 e. The predicted molar refractivity (Wildman–Crippen MR) is 134 cm³/mol. The number of nitrogens with one attached hydrogen (secondary N) is 1. The van der Waals surface area contributed by atoms with Gasteiger partial charge in [0, 0.05) is 6.54 Å². The zero-order valence-electron chi connectivity index (χ0n) is 19.3. The maximum absolute atomic E-state index is 13.1. The molecule has 0 atom stereocenters. The Balaban J connectivity index is 1.75. The van der Waals surface area contributed by atoms with Crippen LogP contribution in [-0.2, 0) is 17.9 Å². The third kappa shape index (κ3) is 7.33. The van der Waals surface area contributed by atoms with E-state index < -0.39 is 5.91 Å². The summed E-state index contributed by atoms with van der Waals surface area (Å²) in [4.78, 5) is 12.6. The fourth-order valence-corrected chi connectivity index (χ4v) is 3.72. The Bertz CT molecular complexity index is 1240. The van der Waals surface area contributed by atoms with E-state index in [0.29, 0.717) is 28.1 Å². The lowest BCUT2D eigenvalue weighted by atomic mass is 10.1. The van der Waals surface area contributed by atoms with Crippen LogP contribution in [0.25, 0.3) is 6.08 Å². The van der Waals surface area contributed by atoms with E-state index in [1.165, 1.54) is 18.2 Å². The molecule has 1 N–H and O–H groups in total. The minimum Gasteiger partial charge on any atom is -0.497 e. The molecule has 0 fully saturated rings. The highest BCUT2D eigenvalue weighted by atomic mass is 79.9. The van der Waals surface area contributed by atoms with Crippen molar-refractivity contribution >= 4 is 27.9 Å². The minimum absolute atomic E-state index is 0.0483. The molecule has 0 spiro atoms. The van der Waals surface area contributed by atoms with Crippen molar-refractivity contribution in [3.63, 3.8) is 0 Å². The second-order valence-electron chi connectivity index (χ2n) is 7.38. The van der Waals surface area contributed by atoms with Crippen molar-refractivity contribution in [2.75, 3.05) is 13.7 Å². The first-order chi connectivity index (χ1) is 16.9. The number of methoxy groups -OCH3 is 1. The Kier molecular flexibility index (Phi) is 9.27. The molecular formula is C27H24BrFN2O4. The van der Waals surface area contributed by atoms with Gasteiger partial charge in [0.15, 0.2) is 11.5 Å². The molecule has 0 aliphatic heterocycles. The second-order valence-corrected chi connectivity index (χ2v) is 8.23. The molecule has 35 heavy (non-hydrogen) atoms. The van der Waals surface area contributed by atoms with Crippen molar-refractivity contribution in [1.82, 2.24) is 5.32 Å². The van der Waals surface area contributed by atoms with E-state index in [-0.39, 0.29) is 24.5 Å². The molecule has 0 aliphatic rings. The highest BCUT2D eigenvalue weighted by molar-refractivity contribution is 9.10. The van der Waals surface area contributed by atoms with Gasteiger partial charge in [0.1, 0.15) is 29.8 Å². The SMILES string of the molecule is CCOc1cc(/C=C(/C#N)C(=O)NCc2ccc(OC)cc2)cc(Br)c1OCc1ccc(F)cc1. The number of nitriles is 1. The van der Waals surface area contributed by atoms with Crippen LogP contribution in [0, 0.1) is 17.1 Å². The summed E-state index contributed by atoms with van der Waals surface area (Å²) in [6.45, 7) is 2.71. The first-order valence-electron chi connectivity index (χ1n) is 10.8. The summed E-state index contributed by atoms with van der Waals surface area (Å²) >= 11 is 3.49. The quantitative estimate of drug-likeness (QED) is 0.260. The molecule has 0 aliphatic carbocycles. The van der Waals surface area contributed by atoms with Crippen molar-refractivity contribution in [1.29, 1.82) is 5.26 Å². The monoisotopic (exact) mass is 538 g/mol. The van der Waals surface area contributed by atoms with Gasteiger partial charge in [-0.15, -0.1) is 0 Å². The second kappa shape index (κ2) is 12.6. The van der Waals surface area contributed by atoms with Crippen LogP contribution in [0.15, 0.2) is 70.7 Å². The van der Waals surface area contributed by atoms with Gasteiger partial charge in [-0.05, 0) is 82.0 Å². The van der Waals surface area contributed by atoms with Crippen LogP contribution in [0.1, 0.15) is 23.6 Å². The van der Waals surface area contributed by atoms with E-state index >= 15 is 0 Å². The summed E-state index contributed by atoms with van der Waals surface area (Å²) in [5, 5.41) is 12.3. The predicted octanol–water partition coefficient (Wildman–Crippen LogP) is 5.80. The van der Waals surface area contributed by atoms with Gasteiger partial charge in [-0.3, -0.25) is 4.79 Å². The number of hydrogen-bond acceptors (Lipinski definition) is 5. The van der Waals surface area contributed by atoms with Crippen molar-refractivity contribution < 1.29 is 23.4 Å². The van der Waals surface area contributed by atoms with Crippen LogP contribution < -0.4 is 19.5 Å². The highest BCUT2D eigenvalue weighted by Gasteiger charge is 2.15. The molecule has 0 unspecified atom stereocenters. The van der Waals surface area contributed by atoms with E-state index in [4.69, 9.17) is 14.2 Å². The van der Waals surface area contributed by atoms with Crippen LogP contribution in [0.2, 0.25) is 0 Å². The number of rotatable bonds is 10. The fourth-order valence-electron chi connectivity index (χ4n) is 3.15. The fraction of sp³-hybridized carbons (Fsp3) is 0.185. The first-order valence-corrected chi connectivity index (χ1v) is 11.6. The molecule has 0 saturated heterocycles. The zero-order valence-corrected chi connectivity index (χ0v) is 20.9. The molecular weight excluding hydrogens is 515 g/mol. The summed E-state index contributed by atoms with van der Waals surface area (Å²) in [5.74, 6) is 0.830. The van der Waals surface area contributed by atoms with Gasteiger partial charge < -0.3 is 19.5 Å². The number of halogens is 2. The number of benzene rings is 3. The molecule has 3 rings (SSSR count). The summed E-state index contributed by atoms with van der Waals surface area (Å²) in [6.07, 6.45) is 1.49. The molecule has 6 nitrogen and oxygen atoms in total. The lowest BCUT2D eigenvalue weighted by Crippen LogP contribution is -2.23. The first kappa shape index (κ1) is 25.8. The average Bonchev–Trinajstić information content (AvgIpc) is 2.87. The molecule has 0 bridgehead atoms. The van der Waals surface area contributed by atoms with Crippen LogP contribution in [0.5, 0.6) is 17.2 Å². The molecule has 8 heteroatoms. The van der Waals surface area contributed by atoms with E-state index in [9.17, 15) is 14.4 Å².